The Kier molecular flexibility index (Phi) is 5.72. The highest BCUT2D eigenvalue weighted by atomic mass is 16.2. The molecule has 2 fully saturated rings. The molecule has 1 aromatic carbocycles. The third-order valence-corrected chi connectivity index (χ3v) is 5.77. The molecule has 0 N–H and O–H groups in total. The number of hydrogen-bond acceptors (Lipinski definition) is 2. The first-order chi connectivity index (χ1) is 11.7. The number of unbranched alkanes of at least 4 members (excludes halogenated alkanes) is 1. The summed E-state index contributed by atoms with van der Waals surface area (Å²) >= 11 is 0. The number of carbonyl (C=O) groups excluding carboxylic acids is 1. The molecule has 2 heterocycles. The summed E-state index contributed by atoms with van der Waals surface area (Å²) in [5, 5.41) is 0. The molecule has 130 valence electrons. The lowest BCUT2D eigenvalue weighted by atomic mass is 9.96. The van der Waals surface area contributed by atoms with Crippen LogP contribution in [0.5, 0.6) is 0 Å². The highest BCUT2D eigenvalue weighted by Gasteiger charge is 2.40. The second kappa shape index (κ2) is 7.98. The lowest BCUT2D eigenvalue weighted by molar-refractivity contribution is -0.129. The molecule has 0 spiro atoms. The van der Waals surface area contributed by atoms with Crippen LogP contribution in [0.3, 0.4) is 0 Å². The van der Waals surface area contributed by atoms with Crippen LogP contribution in [0.15, 0.2) is 36.4 Å². The number of rotatable bonds is 6. The van der Waals surface area contributed by atoms with E-state index in [0.29, 0.717) is 18.1 Å². The number of piperidine rings is 1. The number of carbonyl (C=O) groups is 1. The summed E-state index contributed by atoms with van der Waals surface area (Å²) < 4.78 is 0. The van der Waals surface area contributed by atoms with Crippen molar-refractivity contribution in [2.45, 2.75) is 63.6 Å². The van der Waals surface area contributed by atoms with Crippen LogP contribution in [-0.2, 0) is 4.79 Å². The molecule has 3 rings (SSSR count). The van der Waals surface area contributed by atoms with Gasteiger partial charge in [0.15, 0.2) is 0 Å². The molecular weight excluding hydrogens is 296 g/mol. The van der Waals surface area contributed by atoms with Crippen molar-refractivity contribution in [2.24, 2.45) is 0 Å². The van der Waals surface area contributed by atoms with Gasteiger partial charge >= 0.3 is 0 Å². The molecule has 1 aromatic rings. The van der Waals surface area contributed by atoms with Crippen LogP contribution in [0.2, 0.25) is 0 Å². The standard InChI is InChI=1S/C21H30N2O/c1-3-4-14-23(20-15-18-11-12-19(16-20)22(18)2)21(24)13-10-17-8-6-5-7-9-17/h5-10,13,18-20H,3-4,11-12,14-16H2,1-2H3/b13-10+/t18-,19-/m0/s1. The zero-order valence-corrected chi connectivity index (χ0v) is 15.0. The SMILES string of the molecule is CCCCN(C(=O)/C=C/c1ccccc1)C1C[C@@H]2CC[C@@H](C1)N2C. The minimum atomic E-state index is 0.182. The van der Waals surface area contributed by atoms with Crippen molar-refractivity contribution in [2.75, 3.05) is 13.6 Å². The molecule has 2 aliphatic heterocycles. The molecule has 0 saturated carbocycles. The topological polar surface area (TPSA) is 23.6 Å². The van der Waals surface area contributed by atoms with Gasteiger partial charge in [0.2, 0.25) is 5.91 Å². The Morgan fingerprint density at radius 1 is 1.21 bits per heavy atom. The molecule has 24 heavy (non-hydrogen) atoms. The van der Waals surface area contributed by atoms with E-state index in [2.05, 4.69) is 23.8 Å². The zero-order valence-electron chi connectivity index (χ0n) is 15.0. The first-order valence-corrected chi connectivity index (χ1v) is 9.44. The highest BCUT2D eigenvalue weighted by molar-refractivity contribution is 5.92. The van der Waals surface area contributed by atoms with E-state index in [0.717, 1.165) is 37.8 Å². The average Bonchev–Trinajstić information content (AvgIpc) is 2.82. The van der Waals surface area contributed by atoms with Crippen LogP contribution in [-0.4, -0.2) is 47.4 Å². The number of fused-ring (bicyclic) bond motifs is 2. The summed E-state index contributed by atoms with van der Waals surface area (Å²) in [6, 6.07) is 11.8. The van der Waals surface area contributed by atoms with Crippen molar-refractivity contribution in [3.05, 3.63) is 42.0 Å². The van der Waals surface area contributed by atoms with Gasteiger partial charge in [-0.15, -0.1) is 0 Å². The Bertz CT molecular complexity index is 554. The summed E-state index contributed by atoms with van der Waals surface area (Å²) in [5.41, 5.74) is 1.09. The molecule has 0 aromatic heterocycles. The smallest absolute Gasteiger partial charge is 0.246 e. The summed E-state index contributed by atoms with van der Waals surface area (Å²) in [7, 11) is 2.26. The molecule has 0 unspecified atom stereocenters. The number of benzene rings is 1. The zero-order chi connectivity index (χ0) is 16.9. The number of amides is 1. The van der Waals surface area contributed by atoms with E-state index < -0.39 is 0 Å². The van der Waals surface area contributed by atoms with E-state index in [-0.39, 0.29) is 5.91 Å². The van der Waals surface area contributed by atoms with Crippen molar-refractivity contribution in [3.8, 4) is 0 Å². The summed E-state index contributed by atoms with van der Waals surface area (Å²) in [6.45, 7) is 3.09. The van der Waals surface area contributed by atoms with Crippen molar-refractivity contribution in [1.82, 2.24) is 9.80 Å². The van der Waals surface area contributed by atoms with Gasteiger partial charge < -0.3 is 9.80 Å². The fourth-order valence-electron chi connectivity index (χ4n) is 4.27. The quantitative estimate of drug-likeness (QED) is 0.739. The summed E-state index contributed by atoms with van der Waals surface area (Å²) in [4.78, 5) is 17.6. The molecule has 3 heteroatoms. The Labute approximate surface area is 146 Å². The van der Waals surface area contributed by atoms with Crippen molar-refractivity contribution < 1.29 is 4.79 Å². The largest absolute Gasteiger partial charge is 0.336 e. The van der Waals surface area contributed by atoms with Gasteiger partial charge in [-0.25, -0.2) is 0 Å². The van der Waals surface area contributed by atoms with Crippen LogP contribution in [0, 0.1) is 0 Å². The molecular formula is C21H30N2O. The van der Waals surface area contributed by atoms with Gasteiger partial charge in [-0.2, -0.15) is 0 Å². The number of hydrogen-bond donors (Lipinski definition) is 0. The minimum Gasteiger partial charge on any atom is -0.336 e. The van der Waals surface area contributed by atoms with E-state index in [1.807, 2.05) is 36.4 Å². The third-order valence-electron chi connectivity index (χ3n) is 5.77. The molecule has 0 radical (unpaired) electrons. The Hall–Kier alpha value is -1.61. The van der Waals surface area contributed by atoms with Gasteiger partial charge in [-0.05, 0) is 50.8 Å². The maximum atomic E-state index is 12.9. The highest BCUT2D eigenvalue weighted by Crippen LogP contribution is 2.36. The molecule has 0 aliphatic carbocycles. The van der Waals surface area contributed by atoms with E-state index in [1.165, 1.54) is 12.8 Å². The van der Waals surface area contributed by atoms with E-state index in [1.54, 1.807) is 6.08 Å². The third kappa shape index (κ3) is 3.89. The summed E-state index contributed by atoms with van der Waals surface area (Å²) in [5.74, 6) is 0.182. The molecule has 2 atom stereocenters. The lowest BCUT2D eigenvalue weighted by Gasteiger charge is -2.41. The summed E-state index contributed by atoms with van der Waals surface area (Å²) in [6.07, 6.45) is 10.8. The van der Waals surface area contributed by atoms with E-state index in [4.69, 9.17) is 0 Å². The lowest BCUT2D eigenvalue weighted by Crippen LogP contribution is -2.50. The molecule has 2 saturated heterocycles. The normalized spacial score (nSPS) is 26.8. The number of nitrogens with zero attached hydrogens (tertiary/aromatic N) is 2. The fourth-order valence-corrected chi connectivity index (χ4v) is 4.27. The van der Waals surface area contributed by atoms with Crippen LogP contribution in [0.1, 0.15) is 51.0 Å². The van der Waals surface area contributed by atoms with Gasteiger partial charge in [-0.1, -0.05) is 43.7 Å². The second-order valence-corrected chi connectivity index (χ2v) is 7.30. The van der Waals surface area contributed by atoms with Crippen LogP contribution >= 0.6 is 0 Å². The minimum absolute atomic E-state index is 0.182. The molecule has 2 aliphatic rings. The first kappa shape index (κ1) is 17.2. The maximum absolute atomic E-state index is 12.9. The van der Waals surface area contributed by atoms with Gasteiger partial charge in [0.05, 0.1) is 0 Å². The molecule has 3 nitrogen and oxygen atoms in total. The first-order valence-electron chi connectivity index (χ1n) is 9.44. The van der Waals surface area contributed by atoms with Gasteiger partial charge in [-0.3, -0.25) is 4.79 Å². The monoisotopic (exact) mass is 326 g/mol. The van der Waals surface area contributed by atoms with E-state index in [9.17, 15) is 4.79 Å². The van der Waals surface area contributed by atoms with Crippen LogP contribution in [0.25, 0.3) is 6.08 Å². The van der Waals surface area contributed by atoms with Gasteiger partial charge in [0, 0.05) is 30.7 Å². The fraction of sp³-hybridized carbons (Fsp3) is 0.571. The Morgan fingerprint density at radius 2 is 1.88 bits per heavy atom. The maximum Gasteiger partial charge on any atom is 0.246 e. The average molecular weight is 326 g/mol. The van der Waals surface area contributed by atoms with Crippen LogP contribution < -0.4 is 0 Å². The van der Waals surface area contributed by atoms with E-state index >= 15 is 0 Å². The van der Waals surface area contributed by atoms with Gasteiger partial charge in [0.1, 0.15) is 0 Å². The molecule has 2 bridgehead atoms. The Morgan fingerprint density at radius 3 is 2.50 bits per heavy atom. The van der Waals surface area contributed by atoms with Crippen molar-refractivity contribution in [3.63, 3.8) is 0 Å². The van der Waals surface area contributed by atoms with Crippen molar-refractivity contribution >= 4 is 12.0 Å². The Balaban J connectivity index is 1.69. The van der Waals surface area contributed by atoms with Crippen molar-refractivity contribution in [1.29, 1.82) is 0 Å². The predicted molar refractivity (Wildman–Crippen MR) is 99.7 cm³/mol. The van der Waals surface area contributed by atoms with Gasteiger partial charge in [0.25, 0.3) is 0 Å². The molecule has 1 amide bonds. The predicted octanol–water partition coefficient (Wildman–Crippen LogP) is 3.95. The second-order valence-electron chi connectivity index (χ2n) is 7.30. The van der Waals surface area contributed by atoms with Crippen LogP contribution in [0.4, 0.5) is 0 Å².